The average Bonchev–Trinajstić information content (AvgIpc) is 2.40. The molecule has 2 atom stereocenters. The Bertz CT molecular complexity index is 469. The Morgan fingerprint density at radius 1 is 1.58 bits per heavy atom. The van der Waals surface area contributed by atoms with Crippen molar-refractivity contribution in [3.63, 3.8) is 0 Å². The number of nitrogens with two attached hydrogens (primary N) is 1. The van der Waals surface area contributed by atoms with Crippen LogP contribution in [0.15, 0.2) is 12.1 Å². The molecule has 0 aliphatic rings. The molecule has 0 radical (unpaired) electrons. The number of phenols is 1. The fourth-order valence-electron chi connectivity index (χ4n) is 1.48. The third kappa shape index (κ3) is 3.48. The van der Waals surface area contributed by atoms with Gasteiger partial charge in [-0.25, -0.2) is 9.18 Å². The van der Waals surface area contributed by atoms with Crippen LogP contribution < -0.4 is 10.5 Å². The van der Waals surface area contributed by atoms with Crippen molar-refractivity contribution in [3.8, 4) is 11.5 Å². The third-order valence-electron chi connectivity index (χ3n) is 2.48. The van der Waals surface area contributed by atoms with E-state index in [9.17, 15) is 14.3 Å². The molecule has 0 fully saturated rings. The minimum Gasteiger partial charge on any atom is -0.503 e. The van der Waals surface area contributed by atoms with Gasteiger partial charge in [0.25, 0.3) is 0 Å². The highest BCUT2D eigenvalue weighted by Gasteiger charge is 2.29. The number of ether oxygens (including phenoxy) is 2. The van der Waals surface area contributed by atoms with Crippen LogP contribution in [0.2, 0.25) is 5.02 Å². The summed E-state index contributed by atoms with van der Waals surface area (Å²) in [7, 11) is 1.32. The summed E-state index contributed by atoms with van der Waals surface area (Å²) in [5.74, 6) is -1.26. The predicted molar refractivity (Wildman–Crippen MR) is 68.1 cm³/mol. The number of alkyl halides is 1. The molecule has 3 N–H and O–H groups in total. The largest absolute Gasteiger partial charge is 0.503 e. The van der Waals surface area contributed by atoms with Crippen molar-refractivity contribution in [1.29, 1.82) is 0 Å². The molecule has 5 nitrogen and oxygen atoms in total. The number of rotatable bonds is 5. The molecule has 0 aromatic heterocycles. The Balaban J connectivity index is 3.02. The van der Waals surface area contributed by atoms with Gasteiger partial charge in [-0.15, -0.1) is 0 Å². The summed E-state index contributed by atoms with van der Waals surface area (Å²) < 4.78 is 23.2. The molecule has 7 heteroatoms. The van der Waals surface area contributed by atoms with Gasteiger partial charge in [0.2, 0.25) is 6.17 Å². The highest BCUT2D eigenvalue weighted by atomic mass is 35.5. The molecule has 0 heterocycles. The Hall–Kier alpha value is -1.53. The standard InChI is InChI=1S/C12H15ClFNO4/c1-3-19-12(17)9(14)10(15)6-4-7(13)11(16)8(5-6)18-2/h4-5,9-10,16H,3,15H2,1-2H3/t9?,10-/m0/s1. The van der Waals surface area contributed by atoms with Gasteiger partial charge >= 0.3 is 5.97 Å². The number of phenolic OH excluding ortho intramolecular Hbond substituents is 1. The van der Waals surface area contributed by atoms with Crippen LogP contribution in [0.1, 0.15) is 18.5 Å². The van der Waals surface area contributed by atoms with Crippen LogP contribution in [-0.2, 0) is 9.53 Å². The smallest absolute Gasteiger partial charge is 0.342 e. The quantitative estimate of drug-likeness (QED) is 0.810. The number of hydrogen-bond acceptors (Lipinski definition) is 5. The van der Waals surface area contributed by atoms with Gasteiger partial charge in [-0.2, -0.15) is 0 Å². The number of aromatic hydroxyl groups is 1. The fourth-order valence-corrected chi connectivity index (χ4v) is 1.70. The molecule has 0 saturated carbocycles. The number of methoxy groups -OCH3 is 1. The number of halogens is 2. The van der Waals surface area contributed by atoms with Crippen molar-refractivity contribution in [2.75, 3.05) is 13.7 Å². The lowest BCUT2D eigenvalue weighted by Crippen LogP contribution is -2.31. The van der Waals surface area contributed by atoms with Gasteiger partial charge in [-0.05, 0) is 24.6 Å². The number of esters is 1. The third-order valence-corrected chi connectivity index (χ3v) is 2.77. The molecule has 106 valence electrons. The van der Waals surface area contributed by atoms with Crippen LogP contribution >= 0.6 is 11.6 Å². The SMILES string of the molecule is CCOC(=O)C(F)[C@@H](N)c1cc(Cl)c(O)c(OC)c1. The fraction of sp³-hybridized carbons (Fsp3) is 0.417. The molecule has 1 aromatic carbocycles. The summed E-state index contributed by atoms with van der Waals surface area (Å²) in [5.41, 5.74) is 5.86. The first-order valence-corrected chi connectivity index (χ1v) is 5.92. The summed E-state index contributed by atoms with van der Waals surface area (Å²) in [5, 5.41) is 9.51. The van der Waals surface area contributed by atoms with E-state index < -0.39 is 18.2 Å². The first kappa shape index (κ1) is 15.5. The number of hydrogen-bond donors (Lipinski definition) is 2. The molecule has 19 heavy (non-hydrogen) atoms. The minimum atomic E-state index is -2.02. The van der Waals surface area contributed by atoms with Crippen molar-refractivity contribution in [3.05, 3.63) is 22.7 Å². The van der Waals surface area contributed by atoms with E-state index in [1.54, 1.807) is 6.92 Å². The summed E-state index contributed by atoms with van der Waals surface area (Å²) in [6.45, 7) is 1.63. The topological polar surface area (TPSA) is 81.8 Å². The van der Waals surface area contributed by atoms with Crippen molar-refractivity contribution in [2.24, 2.45) is 5.73 Å². The van der Waals surface area contributed by atoms with Crippen LogP contribution in [-0.4, -0.2) is 31.0 Å². The van der Waals surface area contributed by atoms with E-state index >= 15 is 0 Å². The van der Waals surface area contributed by atoms with Crippen molar-refractivity contribution >= 4 is 17.6 Å². The number of carbonyl (C=O) groups is 1. The molecule has 0 spiro atoms. The maximum Gasteiger partial charge on any atom is 0.342 e. The van der Waals surface area contributed by atoms with Crippen molar-refractivity contribution in [1.82, 2.24) is 0 Å². The second kappa shape index (κ2) is 6.58. The van der Waals surface area contributed by atoms with Crippen LogP contribution in [0.3, 0.4) is 0 Å². The lowest BCUT2D eigenvalue weighted by Gasteiger charge is -2.17. The van der Waals surface area contributed by atoms with Gasteiger partial charge < -0.3 is 20.3 Å². The number of carbonyl (C=O) groups excluding carboxylic acids is 1. The highest BCUT2D eigenvalue weighted by Crippen LogP contribution is 2.37. The normalized spacial score (nSPS) is 13.7. The maximum absolute atomic E-state index is 13.8. The summed E-state index contributed by atoms with van der Waals surface area (Å²) in [6, 6.07) is 1.33. The van der Waals surface area contributed by atoms with Crippen molar-refractivity contribution < 1.29 is 23.8 Å². The van der Waals surface area contributed by atoms with E-state index in [2.05, 4.69) is 4.74 Å². The lowest BCUT2D eigenvalue weighted by molar-refractivity contribution is -0.149. The molecule has 1 aromatic rings. The maximum atomic E-state index is 13.8. The number of benzene rings is 1. The summed E-state index contributed by atoms with van der Waals surface area (Å²) in [4.78, 5) is 11.3. The molecule has 1 unspecified atom stereocenters. The summed E-state index contributed by atoms with van der Waals surface area (Å²) in [6.07, 6.45) is -2.02. The molecule has 1 rings (SSSR count). The van der Waals surface area contributed by atoms with Crippen molar-refractivity contribution in [2.45, 2.75) is 19.1 Å². The van der Waals surface area contributed by atoms with E-state index in [1.165, 1.54) is 19.2 Å². The zero-order chi connectivity index (χ0) is 14.6. The predicted octanol–water partition coefficient (Wildman–Crippen LogP) is 1.96. The summed E-state index contributed by atoms with van der Waals surface area (Å²) >= 11 is 5.76. The van der Waals surface area contributed by atoms with E-state index in [-0.39, 0.29) is 28.7 Å². The van der Waals surface area contributed by atoms with Crippen LogP contribution in [0, 0.1) is 0 Å². The highest BCUT2D eigenvalue weighted by molar-refractivity contribution is 6.32. The van der Waals surface area contributed by atoms with Gasteiger partial charge in [0.1, 0.15) is 0 Å². The molecule has 0 amide bonds. The molecular formula is C12H15ClFNO4. The first-order chi connectivity index (χ1) is 8.92. The van der Waals surface area contributed by atoms with Gasteiger partial charge in [0.15, 0.2) is 11.5 Å². The van der Waals surface area contributed by atoms with Gasteiger partial charge in [-0.3, -0.25) is 0 Å². The zero-order valence-corrected chi connectivity index (χ0v) is 11.3. The molecule has 0 saturated heterocycles. The second-order valence-corrected chi connectivity index (χ2v) is 4.14. The van der Waals surface area contributed by atoms with Crippen LogP contribution in [0.5, 0.6) is 11.5 Å². The van der Waals surface area contributed by atoms with E-state index in [4.69, 9.17) is 22.1 Å². The second-order valence-electron chi connectivity index (χ2n) is 3.73. The van der Waals surface area contributed by atoms with E-state index in [1.807, 2.05) is 0 Å². The van der Waals surface area contributed by atoms with Gasteiger partial charge in [-0.1, -0.05) is 11.6 Å². The Morgan fingerprint density at radius 3 is 2.74 bits per heavy atom. The molecule has 0 aliphatic heterocycles. The minimum absolute atomic E-state index is 0.0409. The first-order valence-electron chi connectivity index (χ1n) is 5.55. The van der Waals surface area contributed by atoms with E-state index in [0.717, 1.165) is 0 Å². The Morgan fingerprint density at radius 2 is 2.21 bits per heavy atom. The van der Waals surface area contributed by atoms with E-state index in [0.29, 0.717) is 0 Å². The molecule has 0 aliphatic carbocycles. The monoisotopic (exact) mass is 291 g/mol. The van der Waals surface area contributed by atoms with Gasteiger partial charge in [0.05, 0.1) is 24.8 Å². The lowest BCUT2D eigenvalue weighted by atomic mass is 10.0. The van der Waals surface area contributed by atoms with Crippen LogP contribution in [0.25, 0.3) is 0 Å². The molecular weight excluding hydrogens is 277 g/mol. The zero-order valence-electron chi connectivity index (χ0n) is 10.5. The Labute approximate surface area is 115 Å². The molecule has 0 bridgehead atoms. The Kier molecular flexibility index (Phi) is 5.38. The average molecular weight is 292 g/mol. The van der Waals surface area contributed by atoms with Crippen LogP contribution in [0.4, 0.5) is 4.39 Å². The van der Waals surface area contributed by atoms with Gasteiger partial charge in [0, 0.05) is 0 Å².